The summed E-state index contributed by atoms with van der Waals surface area (Å²) in [5.41, 5.74) is 1.25. The van der Waals surface area contributed by atoms with Crippen molar-refractivity contribution in [2.75, 3.05) is 18.0 Å². The minimum atomic E-state index is -3.63. The van der Waals surface area contributed by atoms with Gasteiger partial charge >= 0.3 is 6.09 Å². The molecule has 2 heterocycles. The number of benzene rings is 1. The highest BCUT2D eigenvalue weighted by Crippen LogP contribution is 2.35. The Bertz CT molecular complexity index is 1060. The Balaban J connectivity index is 1.87. The standard InChI is InChI=1S/C26H37N3O4S/c1-6-7-17-28(25(30)33-26(3,4)5)24-16-13-21(19-27-24)23-10-8-9-18-29(23)34(31,32)22-14-11-20(2)12-15-22/h11-16,19,23H,6-10,17-18H2,1-5H3. The molecule has 1 unspecified atom stereocenters. The minimum absolute atomic E-state index is 0.285. The van der Waals surface area contributed by atoms with Crippen molar-refractivity contribution >= 4 is 21.9 Å². The second kappa shape index (κ2) is 10.9. The number of hydrogen-bond acceptors (Lipinski definition) is 5. The molecular formula is C26H37N3O4S. The Morgan fingerprint density at radius 2 is 1.85 bits per heavy atom. The summed E-state index contributed by atoms with van der Waals surface area (Å²) in [6, 6.07) is 10.4. The van der Waals surface area contributed by atoms with Crippen LogP contribution in [0.15, 0.2) is 47.5 Å². The van der Waals surface area contributed by atoms with Crippen LogP contribution in [0.3, 0.4) is 0 Å². The molecule has 0 N–H and O–H groups in total. The zero-order valence-corrected chi connectivity index (χ0v) is 21.8. The summed E-state index contributed by atoms with van der Waals surface area (Å²) in [5.74, 6) is 0.509. The molecule has 1 amide bonds. The smallest absolute Gasteiger partial charge is 0.416 e. The van der Waals surface area contributed by atoms with Crippen molar-refractivity contribution < 1.29 is 17.9 Å². The van der Waals surface area contributed by atoms with Crippen LogP contribution >= 0.6 is 0 Å². The summed E-state index contributed by atoms with van der Waals surface area (Å²) in [7, 11) is -3.63. The van der Waals surface area contributed by atoms with Crippen molar-refractivity contribution in [3.05, 3.63) is 53.7 Å². The molecule has 1 aromatic heterocycles. The van der Waals surface area contributed by atoms with Crippen LogP contribution in [0.2, 0.25) is 0 Å². The molecule has 2 aromatic rings. The number of amides is 1. The number of carbonyl (C=O) groups excluding carboxylic acids is 1. The Morgan fingerprint density at radius 1 is 1.15 bits per heavy atom. The molecule has 186 valence electrons. The first kappa shape index (κ1) is 26.2. The van der Waals surface area contributed by atoms with Gasteiger partial charge < -0.3 is 4.74 Å². The van der Waals surface area contributed by atoms with E-state index in [0.29, 0.717) is 23.8 Å². The highest BCUT2D eigenvalue weighted by atomic mass is 32.2. The van der Waals surface area contributed by atoms with Gasteiger partial charge in [0.2, 0.25) is 10.0 Å². The molecule has 34 heavy (non-hydrogen) atoms. The quantitative estimate of drug-likeness (QED) is 0.490. The zero-order valence-electron chi connectivity index (χ0n) is 21.0. The van der Waals surface area contributed by atoms with Crippen molar-refractivity contribution in [2.24, 2.45) is 0 Å². The van der Waals surface area contributed by atoms with E-state index in [1.165, 1.54) is 0 Å². The van der Waals surface area contributed by atoms with Crippen LogP contribution in [0.1, 0.15) is 77.0 Å². The summed E-state index contributed by atoms with van der Waals surface area (Å²) in [5, 5.41) is 0. The molecule has 1 aromatic carbocycles. The van der Waals surface area contributed by atoms with Crippen LogP contribution in [-0.2, 0) is 14.8 Å². The molecule has 0 aliphatic carbocycles. The van der Waals surface area contributed by atoms with Crippen LogP contribution in [-0.4, -0.2) is 42.5 Å². The van der Waals surface area contributed by atoms with Crippen molar-refractivity contribution in [3.63, 3.8) is 0 Å². The van der Waals surface area contributed by atoms with Gasteiger partial charge in [-0.05, 0) is 70.7 Å². The van der Waals surface area contributed by atoms with Crippen LogP contribution in [0.4, 0.5) is 10.6 Å². The minimum Gasteiger partial charge on any atom is -0.443 e. The summed E-state index contributed by atoms with van der Waals surface area (Å²) >= 11 is 0. The van der Waals surface area contributed by atoms with Crippen LogP contribution in [0.25, 0.3) is 0 Å². The molecule has 1 atom stereocenters. The van der Waals surface area contributed by atoms with E-state index < -0.39 is 21.7 Å². The molecule has 0 spiro atoms. The van der Waals surface area contributed by atoms with Gasteiger partial charge in [0.25, 0.3) is 0 Å². The maximum Gasteiger partial charge on any atom is 0.416 e. The van der Waals surface area contributed by atoms with E-state index in [1.54, 1.807) is 33.6 Å². The number of aromatic nitrogens is 1. The fourth-order valence-corrected chi connectivity index (χ4v) is 5.74. The molecular weight excluding hydrogens is 450 g/mol. The summed E-state index contributed by atoms with van der Waals surface area (Å²) < 4.78 is 34.0. The fraction of sp³-hybridized carbons (Fsp3) is 0.538. The number of anilines is 1. The van der Waals surface area contributed by atoms with Crippen molar-refractivity contribution in [2.45, 2.75) is 83.3 Å². The lowest BCUT2D eigenvalue weighted by Crippen LogP contribution is -2.39. The molecule has 0 bridgehead atoms. The molecule has 7 nitrogen and oxygen atoms in total. The first-order valence-corrected chi connectivity index (χ1v) is 13.5. The van der Waals surface area contributed by atoms with E-state index in [9.17, 15) is 13.2 Å². The molecule has 1 saturated heterocycles. The number of piperidine rings is 1. The second-order valence-electron chi connectivity index (χ2n) is 9.88. The molecule has 0 saturated carbocycles. The number of nitrogens with zero attached hydrogens (tertiary/aromatic N) is 3. The predicted octanol–water partition coefficient (Wildman–Crippen LogP) is 5.85. The van der Waals surface area contributed by atoms with Gasteiger partial charge in [0.15, 0.2) is 0 Å². The number of ether oxygens (including phenoxy) is 1. The number of aryl methyl sites for hydroxylation is 1. The number of sulfonamides is 1. The van der Waals surface area contributed by atoms with E-state index in [-0.39, 0.29) is 6.04 Å². The summed E-state index contributed by atoms with van der Waals surface area (Å²) in [6.07, 6.45) is 5.55. The average Bonchev–Trinajstić information content (AvgIpc) is 2.79. The van der Waals surface area contributed by atoms with E-state index >= 15 is 0 Å². The third kappa shape index (κ3) is 6.36. The average molecular weight is 488 g/mol. The molecule has 3 rings (SSSR count). The predicted molar refractivity (Wildman–Crippen MR) is 134 cm³/mol. The largest absolute Gasteiger partial charge is 0.443 e. The lowest BCUT2D eigenvalue weighted by atomic mass is 9.99. The van der Waals surface area contributed by atoms with Crippen LogP contribution in [0, 0.1) is 6.92 Å². The number of carbonyl (C=O) groups is 1. The highest BCUT2D eigenvalue weighted by Gasteiger charge is 2.35. The SMILES string of the molecule is CCCCN(C(=O)OC(C)(C)C)c1ccc(C2CCCCN2S(=O)(=O)c2ccc(C)cc2)cn1. The molecule has 8 heteroatoms. The van der Waals surface area contributed by atoms with Gasteiger partial charge in [-0.3, -0.25) is 4.90 Å². The van der Waals surface area contributed by atoms with Crippen molar-refractivity contribution in [3.8, 4) is 0 Å². The first-order valence-electron chi connectivity index (χ1n) is 12.1. The van der Waals surface area contributed by atoms with Crippen LogP contribution < -0.4 is 4.90 Å². The lowest BCUT2D eigenvalue weighted by molar-refractivity contribution is 0.0578. The second-order valence-corrected chi connectivity index (χ2v) is 11.8. The van der Waals surface area contributed by atoms with Gasteiger partial charge in [0.05, 0.1) is 10.9 Å². The van der Waals surface area contributed by atoms with Crippen LogP contribution in [0.5, 0.6) is 0 Å². The van der Waals surface area contributed by atoms with Gasteiger partial charge in [-0.15, -0.1) is 0 Å². The van der Waals surface area contributed by atoms with Crippen molar-refractivity contribution in [1.29, 1.82) is 0 Å². The van der Waals surface area contributed by atoms with Gasteiger partial charge in [-0.1, -0.05) is 43.5 Å². The van der Waals surface area contributed by atoms with Crippen molar-refractivity contribution in [1.82, 2.24) is 9.29 Å². The molecule has 1 aliphatic heterocycles. The van der Waals surface area contributed by atoms with Gasteiger partial charge in [-0.2, -0.15) is 4.31 Å². The number of pyridine rings is 1. The van der Waals surface area contributed by atoms with Gasteiger partial charge in [0.1, 0.15) is 11.4 Å². The van der Waals surface area contributed by atoms with Gasteiger partial charge in [0, 0.05) is 19.3 Å². The maximum atomic E-state index is 13.4. The highest BCUT2D eigenvalue weighted by molar-refractivity contribution is 7.89. The monoisotopic (exact) mass is 487 g/mol. The third-order valence-corrected chi connectivity index (χ3v) is 7.78. The number of rotatable bonds is 7. The maximum absolute atomic E-state index is 13.4. The van der Waals surface area contributed by atoms with E-state index in [4.69, 9.17) is 4.74 Å². The lowest BCUT2D eigenvalue weighted by Gasteiger charge is -2.35. The Morgan fingerprint density at radius 3 is 2.44 bits per heavy atom. The Hall–Kier alpha value is -2.45. The topological polar surface area (TPSA) is 79.8 Å². The fourth-order valence-electron chi connectivity index (χ4n) is 4.06. The van der Waals surface area contributed by atoms with E-state index in [1.807, 2.05) is 45.9 Å². The summed E-state index contributed by atoms with van der Waals surface area (Å²) in [4.78, 5) is 19.2. The van der Waals surface area contributed by atoms with E-state index in [2.05, 4.69) is 11.9 Å². The third-order valence-electron chi connectivity index (χ3n) is 5.86. The summed E-state index contributed by atoms with van der Waals surface area (Å²) in [6.45, 7) is 10.5. The Labute approximate surface area is 204 Å². The van der Waals surface area contributed by atoms with Gasteiger partial charge in [-0.25, -0.2) is 18.2 Å². The molecule has 0 radical (unpaired) electrons. The zero-order chi connectivity index (χ0) is 24.9. The molecule has 1 aliphatic rings. The number of unbranched alkanes of at least 4 members (excludes halogenated alkanes) is 1. The first-order chi connectivity index (χ1) is 16.0. The normalized spacial score (nSPS) is 17.4. The number of hydrogen-bond donors (Lipinski definition) is 0. The molecule has 1 fully saturated rings. The van der Waals surface area contributed by atoms with E-state index in [0.717, 1.165) is 43.2 Å². The Kier molecular flexibility index (Phi) is 8.36.